The van der Waals surface area contributed by atoms with Gasteiger partial charge in [-0.15, -0.1) is 0 Å². The Labute approximate surface area is 207 Å². The van der Waals surface area contributed by atoms with Crippen LogP contribution < -0.4 is 9.47 Å². The van der Waals surface area contributed by atoms with Crippen LogP contribution in [-0.2, 0) is 6.42 Å². The van der Waals surface area contributed by atoms with E-state index in [1.165, 1.54) is 12.0 Å². The quantitative estimate of drug-likeness (QED) is 0.350. The second-order valence-corrected chi connectivity index (χ2v) is 12.8. The molecule has 1 aromatic rings. The summed E-state index contributed by atoms with van der Waals surface area (Å²) in [5.74, 6) is 3.02. The molecule has 0 amide bonds. The van der Waals surface area contributed by atoms with Crippen molar-refractivity contribution in [1.29, 1.82) is 0 Å². The van der Waals surface area contributed by atoms with Gasteiger partial charge in [-0.05, 0) is 111 Å². The molecule has 1 heterocycles. The molecule has 33 heavy (non-hydrogen) atoms. The number of carbonyl (C=O) groups is 1. The molecule has 0 aromatic heterocycles. The highest BCUT2D eigenvalue weighted by Gasteiger charge is 2.42. The monoisotopic (exact) mass is 476 g/mol. The van der Waals surface area contributed by atoms with Gasteiger partial charge in [-0.2, -0.15) is 0 Å². The number of fused-ring (bicyclic) bond motifs is 1. The van der Waals surface area contributed by atoms with Gasteiger partial charge in [-0.25, -0.2) is 4.79 Å². The van der Waals surface area contributed by atoms with Crippen LogP contribution in [0, 0.1) is 43.4 Å². The number of thioether (sulfide) groups is 1. The number of hydrogen-bond acceptors (Lipinski definition) is 4. The minimum absolute atomic E-state index is 0.194. The first kappa shape index (κ1) is 28.1. The van der Waals surface area contributed by atoms with Gasteiger partial charge in [0.15, 0.2) is 0 Å². The van der Waals surface area contributed by atoms with Crippen LogP contribution in [0.5, 0.6) is 11.5 Å². The lowest BCUT2D eigenvalue weighted by molar-refractivity contribution is -0.00511. The number of rotatable bonds is 8. The maximum absolute atomic E-state index is 12.0. The molecule has 4 heteroatoms. The molecule has 0 spiro atoms. The SMILES string of the molecule is CCC(C)(CC(C)C(C)(C)C(C)C)CC1(C)CCc2c(C)c(OC(=O)SC)c(C)c(C)c2O1. The highest BCUT2D eigenvalue weighted by Crippen LogP contribution is 2.50. The first-order valence-corrected chi connectivity index (χ1v) is 13.9. The van der Waals surface area contributed by atoms with Gasteiger partial charge in [-0.3, -0.25) is 0 Å². The number of carbonyl (C=O) groups excluding carboxylic acids is 1. The van der Waals surface area contributed by atoms with Crippen molar-refractivity contribution in [3.05, 3.63) is 22.3 Å². The van der Waals surface area contributed by atoms with Crippen LogP contribution in [-0.4, -0.2) is 17.2 Å². The standard InChI is InChI=1S/C29H48O3S/c1-13-28(10,16-19(4)27(8,9)18(2)3)17-29(11)15-14-23-22(7)24(31-26(30)33-12)20(5)21(6)25(23)32-29/h18-19H,13-17H2,1-12H3. The molecule has 188 valence electrons. The largest absolute Gasteiger partial charge is 0.487 e. The number of ether oxygens (including phenoxy) is 2. The van der Waals surface area contributed by atoms with Crippen molar-refractivity contribution in [3.8, 4) is 11.5 Å². The predicted octanol–water partition coefficient (Wildman–Crippen LogP) is 9.07. The van der Waals surface area contributed by atoms with Gasteiger partial charge >= 0.3 is 5.30 Å². The molecule has 0 saturated carbocycles. The maximum Gasteiger partial charge on any atom is 0.372 e. The third-order valence-corrected chi connectivity index (χ3v) is 9.54. The van der Waals surface area contributed by atoms with Crippen molar-refractivity contribution in [3.63, 3.8) is 0 Å². The molecule has 0 fully saturated rings. The molecule has 0 bridgehead atoms. The minimum atomic E-state index is -0.265. The molecule has 3 atom stereocenters. The van der Waals surface area contributed by atoms with Gasteiger partial charge in [0.1, 0.15) is 17.1 Å². The Bertz CT molecular complexity index is 872. The second-order valence-electron chi connectivity index (χ2n) is 12.0. The summed E-state index contributed by atoms with van der Waals surface area (Å²) >= 11 is 1.10. The van der Waals surface area contributed by atoms with Crippen LogP contribution in [0.2, 0.25) is 0 Å². The van der Waals surface area contributed by atoms with Gasteiger partial charge in [0.25, 0.3) is 0 Å². The summed E-state index contributed by atoms with van der Waals surface area (Å²) in [7, 11) is 0. The Morgan fingerprint density at radius 1 is 1.12 bits per heavy atom. The van der Waals surface area contributed by atoms with Crippen molar-refractivity contribution in [2.45, 2.75) is 114 Å². The minimum Gasteiger partial charge on any atom is -0.487 e. The van der Waals surface area contributed by atoms with E-state index in [1.807, 2.05) is 6.92 Å². The Balaban J connectivity index is 2.33. The van der Waals surface area contributed by atoms with E-state index in [0.29, 0.717) is 23.0 Å². The molecule has 0 N–H and O–H groups in total. The van der Waals surface area contributed by atoms with E-state index in [1.54, 1.807) is 6.26 Å². The number of benzene rings is 1. The first-order chi connectivity index (χ1) is 15.1. The van der Waals surface area contributed by atoms with E-state index in [0.717, 1.165) is 59.9 Å². The van der Waals surface area contributed by atoms with Crippen molar-refractivity contribution in [2.75, 3.05) is 6.26 Å². The Kier molecular flexibility index (Phi) is 8.69. The summed E-state index contributed by atoms with van der Waals surface area (Å²) in [5, 5.41) is -0.265. The highest BCUT2D eigenvalue weighted by atomic mass is 32.2. The molecular weight excluding hydrogens is 428 g/mol. The van der Waals surface area contributed by atoms with Gasteiger partial charge in [-0.1, -0.05) is 54.9 Å². The van der Waals surface area contributed by atoms with Crippen LogP contribution >= 0.6 is 11.8 Å². The lowest BCUT2D eigenvalue weighted by atomic mass is 9.63. The molecule has 2 rings (SSSR count). The first-order valence-electron chi connectivity index (χ1n) is 12.7. The fourth-order valence-corrected chi connectivity index (χ4v) is 5.67. The van der Waals surface area contributed by atoms with E-state index in [4.69, 9.17) is 9.47 Å². The molecule has 0 saturated heterocycles. The molecule has 0 radical (unpaired) electrons. The average Bonchev–Trinajstić information content (AvgIpc) is 2.74. The normalized spacial score (nSPS) is 21.2. The summed E-state index contributed by atoms with van der Waals surface area (Å²) in [5.41, 5.74) is 4.69. The molecule has 0 aliphatic carbocycles. The molecular formula is C29H48O3S. The van der Waals surface area contributed by atoms with Gasteiger partial charge in [0.05, 0.1) is 0 Å². The molecule has 3 nitrogen and oxygen atoms in total. The lowest BCUT2D eigenvalue weighted by Gasteiger charge is -2.46. The van der Waals surface area contributed by atoms with Crippen LogP contribution in [0.15, 0.2) is 0 Å². The summed E-state index contributed by atoms with van der Waals surface area (Å²) in [6.07, 6.45) is 7.10. The number of hydrogen-bond donors (Lipinski definition) is 0. The zero-order valence-corrected chi connectivity index (χ0v) is 24.1. The summed E-state index contributed by atoms with van der Waals surface area (Å²) in [6.45, 7) is 25.3. The smallest absolute Gasteiger partial charge is 0.372 e. The van der Waals surface area contributed by atoms with Crippen molar-refractivity contribution in [1.82, 2.24) is 0 Å². The zero-order chi connectivity index (χ0) is 25.4. The van der Waals surface area contributed by atoms with Crippen LogP contribution in [0.25, 0.3) is 0 Å². The van der Waals surface area contributed by atoms with Crippen molar-refractivity contribution >= 4 is 17.1 Å². The van der Waals surface area contributed by atoms with Gasteiger partial charge in [0, 0.05) is 5.56 Å². The highest BCUT2D eigenvalue weighted by molar-refractivity contribution is 8.12. The Morgan fingerprint density at radius 2 is 1.73 bits per heavy atom. The zero-order valence-electron chi connectivity index (χ0n) is 23.3. The summed E-state index contributed by atoms with van der Waals surface area (Å²) < 4.78 is 12.5. The summed E-state index contributed by atoms with van der Waals surface area (Å²) in [6, 6.07) is 0. The molecule has 1 aliphatic heterocycles. The summed E-state index contributed by atoms with van der Waals surface area (Å²) in [4.78, 5) is 12.0. The van der Waals surface area contributed by atoms with Gasteiger partial charge in [0.2, 0.25) is 0 Å². The Hall–Kier alpha value is -1.16. The molecule has 3 unspecified atom stereocenters. The predicted molar refractivity (Wildman–Crippen MR) is 143 cm³/mol. The fourth-order valence-electron chi connectivity index (χ4n) is 5.50. The lowest BCUT2D eigenvalue weighted by Crippen LogP contribution is -2.43. The topological polar surface area (TPSA) is 35.5 Å². The van der Waals surface area contributed by atoms with E-state index < -0.39 is 0 Å². The maximum atomic E-state index is 12.0. The van der Waals surface area contributed by atoms with E-state index in [-0.39, 0.29) is 16.3 Å². The van der Waals surface area contributed by atoms with Gasteiger partial charge < -0.3 is 9.47 Å². The van der Waals surface area contributed by atoms with Crippen molar-refractivity contribution in [2.24, 2.45) is 22.7 Å². The van der Waals surface area contributed by atoms with Crippen LogP contribution in [0.1, 0.15) is 103 Å². The van der Waals surface area contributed by atoms with Crippen LogP contribution in [0.4, 0.5) is 4.79 Å². The molecule has 1 aliphatic rings. The van der Waals surface area contributed by atoms with Crippen LogP contribution in [0.3, 0.4) is 0 Å². The third-order valence-electron chi connectivity index (χ3n) is 9.13. The van der Waals surface area contributed by atoms with E-state index >= 15 is 0 Å². The van der Waals surface area contributed by atoms with E-state index in [2.05, 4.69) is 69.2 Å². The fraction of sp³-hybridized carbons (Fsp3) is 0.759. The Morgan fingerprint density at radius 3 is 2.24 bits per heavy atom. The average molecular weight is 477 g/mol. The molecule has 1 aromatic carbocycles. The van der Waals surface area contributed by atoms with Crippen molar-refractivity contribution < 1.29 is 14.3 Å². The van der Waals surface area contributed by atoms with E-state index in [9.17, 15) is 4.79 Å². The second kappa shape index (κ2) is 10.2. The third kappa shape index (κ3) is 5.92.